The molecule has 1 saturated heterocycles. The van der Waals surface area contributed by atoms with Crippen molar-refractivity contribution < 1.29 is 0 Å². The van der Waals surface area contributed by atoms with Gasteiger partial charge in [0.15, 0.2) is 0 Å². The van der Waals surface area contributed by atoms with Crippen molar-refractivity contribution >= 4 is 5.82 Å². The van der Waals surface area contributed by atoms with Crippen molar-refractivity contribution in [2.24, 2.45) is 0 Å². The molecule has 1 aliphatic rings. The van der Waals surface area contributed by atoms with Crippen LogP contribution in [-0.4, -0.2) is 34.5 Å². The Morgan fingerprint density at radius 1 is 1.17 bits per heavy atom. The number of nitrogens with zero attached hydrogens (tertiary/aromatic N) is 3. The number of hydrogen-bond acceptors (Lipinski definition) is 4. The van der Waals surface area contributed by atoms with Crippen LogP contribution in [0.4, 0.5) is 5.82 Å². The molecule has 0 unspecified atom stereocenters. The molecule has 4 nitrogen and oxygen atoms in total. The maximum atomic E-state index is 4.58. The molecule has 2 heterocycles. The van der Waals surface area contributed by atoms with E-state index in [1.165, 1.54) is 38.8 Å². The lowest BCUT2D eigenvalue weighted by Gasteiger charge is -2.19. The van der Waals surface area contributed by atoms with Crippen LogP contribution in [0.15, 0.2) is 6.07 Å². The Kier molecular flexibility index (Phi) is 4.93. The molecular formula is C14H24N4. The molecule has 0 aromatic carbocycles. The molecule has 0 radical (unpaired) electrons. The third-order valence-corrected chi connectivity index (χ3v) is 3.32. The van der Waals surface area contributed by atoms with E-state index in [1.54, 1.807) is 0 Å². The SMILES string of the molecule is CCNc1cc(C)nc(CN2CCCCCC2)n1. The van der Waals surface area contributed by atoms with Crippen molar-refractivity contribution in [2.45, 2.75) is 46.1 Å². The van der Waals surface area contributed by atoms with E-state index in [0.29, 0.717) is 0 Å². The summed E-state index contributed by atoms with van der Waals surface area (Å²) in [6.07, 6.45) is 5.36. The van der Waals surface area contributed by atoms with Crippen molar-refractivity contribution in [1.29, 1.82) is 0 Å². The predicted molar refractivity (Wildman–Crippen MR) is 74.7 cm³/mol. The lowest BCUT2D eigenvalue weighted by Crippen LogP contribution is -2.25. The van der Waals surface area contributed by atoms with E-state index in [-0.39, 0.29) is 0 Å². The van der Waals surface area contributed by atoms with Crippen LogP contribution in [0.2, 0.25) is 0 Å². The first-order chi connectivity index (χ1) is 8.78. The summed E-state index contributed by atoms with van der Waals surface area (Å²) in [7, 11) is 0. The molecule has 2 rings (SSSR count). The van der Waals surface area contributed by atoms with Crippen LogP contribution in [0.3, 0.4) is 0 Å². The molecule has 0 bridgehead atoms. The van der Waals surface area contributed by atoms with Crippen molar-refractivity contribution in [3.63, 3.8) is 0 Å². The maximum Gasteiger partial charge on any atom is 0.144 e. The highest BCUT2D eigenvalue weighted by Gasteiger charge is 2.11. The normalized spacial score (nSPS) is 17.4. The summed E-state index contributed by atoms with van der Waals surface area (Å²) in [6.45, 7) is 8.29. The minimum Gasteiger partial charge on any atom is -0.370 e. The number of aryl methyl sites for hydroxylation is 1. The second kappa shape index (κ2) is 6.69. The van der Waals surface area contributed by atoms with Crippen LogP contribution < -0.4 is 5.32 Å². The summed E-state index contributed by atoms with van der Waals surface area (Å²) in [5.41, 5.74) is 1.05. The standard InChI is InChI=1S/C14H24N4/c1-3-15-13-10-12(2)16-14(17-13)11-18-8-6-4-5-7-9-18/h10H,3-9,11H2,1-2H3,(H,15,16,17). The monoisotopic (exact) mass is 248 g/mol. The van der Waals surface area contributed by atoms with E-state index >= 15 is 0 Å². The van der Waals surface area contributed by atoms with Gasteiger partial charge in [-0.2, -0.15) is 0 Å². The third-order valence-electron chi connectivity index (χ3n) is 3.32. The first kappa shape index (κ1) is 13.3. The minimum absolute atomic E-state index is 0.889. The Morgan fingerprint density at radius 3 is 2.56 bits per heavy atom. The van der Waals surface area contributed by atoms with E-state index in [0.717, 1.165) is 30.4 Å². The summed E-state index contributed by atoms with van der Waals surface area (Å²) in [5.74, 6) is 1.91. The van der Waals surface area contributed by atoms with Gasteiger partial charge in [0, 0.05) is 18.3 Å². The van der Waals surface area contributed by atoms with Crippen LogP contribution in [-0.2, 0) is 6.54 Å². The van der Waals surface area contributed by atoms with Crippen LogP contribution in [0, 0.1) is 6.92 Å². The minimum atomic E-state index is 0.889. The number of likely N-dealkylation sites (tertiary alicyclic amines) is 1. The molecule has 0 amide bonds. The summed E-state index contributed by atoms with van der Waals surface area (Å²) < 4.78 is 0. The van der Waals surface area contributed by atoms with E-state index in [1.807, 2.05) is 13.0 Å². The van der Waals surface area contributed by atoms with E-state index in [2.05, 4.69) is 27.1 Å². The zero-order chi connectivity index (χ0) is 12.8. The smallest absolute Gasteiger partial charge is 0.144 e. The molecule has 1 aromatic rings. The fraction of sp³-hybridized carbons (Fsp3) is 0.714. The Balaban J connectivity index is 2.02. The van der Waals surface area contributed by atoms with Gasteiger partial charge >= 0.3 is 0 Å². The molecule has 1 aliphatic heterocycles. The second-order valence-electron chi connectivity index (χ2n) is 5.03. The summed E-state index contributed by atoms with van der Waals surface area (Å²) in [4.78, 5) is 11.6. The summed E-state index contributed by atoms with van der Waals surface area (Å²) in [6, 6.07) is 2.01. The zero-order valence-electron chi connectivity index (χ0n) is 11.6. The van der Waals surface area contributed by atoms with E-state index in [4.69, 9.17) is 0 Å². The van der Waals surface area contributed by atoms with Gasteiger partial charge < -0.3 is 5.32 Å². The number of anilines is 1. The quantitative estimate of drug-likeness (QED) is 0.889. The van der Waals surface area contributed by atoms with Gasteiger partial charge in [0.25, 0.3) is 0 Å². The average molecular weight is 248 g/mol. The molecule has 0 saturated carbocycles. The van der Waals surface area contributed by atoms with Gasteiger partial charge in [0.05, 0.1) is 6.54 Å². The fourth-order valence-corrected chi connectivity index (χ4v) is 2.47. The Hall–Kier alpha value is -1.16. The van der Waals surface area contributed by atoms with Crippen molar-refractivity contribution in [3.05, 3.63) is 17.6 Å². The highest BCUT2D eigenvalue weighted by atomic mass is 15.2. The summed E-state index contributed by atoms with van der Waals surface area (Å²) >= 11 is 0. The van der Waals surface area contributed by atoms with Gasteiger partial charge in [0.2, 0.25) is 0 Å². The van der Waals surface area contributed by atoms with Gasteiger partial charge in [-0.1, -0.05) is 12.8 Å². The lowest BCUT2D eigenvalue weighted by atomic mass is 10.2. The van der Waals surface area contributed by atoms with Crippen LogP contribution >= 0.6 is 0 Å². The average Bonchev–Trinajstić information content (AvgIpc) is 2.57. The molecule has 18 heavy (non-hydrogen) atoms. The molecule has 1 fully saturated rings. The Labute approximate surface area is 110 Å². The molecule has 0 atom stereocenters. The van der Waals surface area contributed by atoms with Crippen LogP contribution in [0.5, 0.6) is 0 Å². The summed E-state index contributed by atoms with van der Waals surface area (Å²) in [5, 5.41) is 3.27. The highest BCUT2D eigenvalue weighted by molar-refractivity contribution is 5.35. The first-order valence-electron chi connectivity index (χ1n) is 7.08. The molecule has 1 aromatic heterocycles. The third kappa shape index (κ3) is 3.95. The fourth-order valence-electron chi connectivity index (χ4n) is 2.47. The molecule has 4 heteroatoms. The molecular weight excluding hydrogens is 224 g/mol. The van der Waals surface area contributed by atoms with E-state index in [9.17, 15) is 0 Å². The molecule has 0 aliphatic carbocycles. The topological polar surface area (TPSA) is 41.1 Å². The number of hydrogen-bond donors (Lipinski definition) is 1. The van der Waals surface area contributed by atoms with Crippen molar-refractivity contribution in [1.82, 2.24) is 14.9 Å². The van der Waals surface area contributed by atoms with Crippen LogP contribution in [0.1, 0.15) is 44.1 Å². The molecule has 0 spiro atoms. The second-order valence-corrected chi connectivity index (χ2v) is 5.03. The zero-order valence-corrected chi connectivity index (χ0v) is 11.6. The number of aromatic nitrogens is 2. The highest BCUT2D eigenvalue weighted by Crippen LogP contribution is 2.13. The lowest BCUT2D eigenvalue weighted by molar-refractivity contribution is 0.270. The van der Waals surface area contributed by atoms with Gasteiger partial charge in [-0.25, -0.2) is 9.97 Å². The van der Waals surface area contributed by atoms with Gasteiger partial charge in [-0.3, -0.25) is 4.90 Å². The molecule has 100 valence electrons. The Bertz CT molecular complexity index is 370. The van der Waals surface area contributed by atoms with Crippen molar-refractivity contribution in [3.8, 4) is 0 Å². The van der Waals surface area contributed by atoms with Gasteiger partial charge in [-0.05, 0) is 39.8 Å². The van der Waals surface area contributed by atoms with Gasteiger partial charge in [-0.15, -0.1) is 0 Å². The van der Waals surface area contributed by atoms with Gasteiger partial charge in [0.1, 0.15) is 11.6 Å². The molecule has 1 N–H and O–H groups in total. The predicted octanol–water partition coefficient (Wildman–Crippen LogP) is 2.59. The van der Waals surface area contributed by atoms with Crippen LogP contribution in [0.25, 0.3) is 0 Å². The van der Waals surface area contributed by atoms with Crippen molar-refractivity contribution in [2.75, 3.05) is 25.0 Å². The number of rotatable bonds is 4. The Morgan fingerprint density at radius 2 is 1.89 bits per heavy atom. The van der Waals surface area contributed by atoms with E-state index < -0.39 is 0 Å². The number of nitrogens with one attached hydrogen (secondary N) is 1. The maximum absolute atomic E-state index is 4.58. The largest absolute Gasteiger partial charge is 0.370 e. The first-order valence-corrected chi connectivity index (χ1v) is 7.08.